The Labute approximate surface area is 127 Å². The van der Waals surface area contributed by atoms with Crippen molar-refractivity contribution in [3.63, 3.8) is 0 Å². The Morgan fingerprint density at radius 1 is 1.32 bits per heavy atom. The third-order valence-electron chi connectivity index (χ3n) is 3.16. The topological polar surface area (TPSA) is 38.9 Å². The second kappa shape index (κ2) is 6.23. The van der Waals surface area contributed by atoms with Gasteiger partial charge in [0.2, 0.25) is 0 Å². The van der Waals surface area contributed by atoms with Crippen LogP contribution in [0.2, 0.25) is 10.0 Å². The zero-order valence-corrected chi connectivity index (χ0v) is 13.2. The number of halogens is 2. The standard InChI is InChI=1S/C14H16Cl2N2S/c1-8-9(2)19-14(18-8)11(7-17)5-10-3-4-12(15)6-13(10)16/h3-4,6,11H,5,7,17H2,1-2H3. The summed E-state index contributed by atoms with van der Waals surface area (Å²) in [5, 5.41) is 2.43. The highest BCUT2D eigenvalue weighted by Crippen LogP contribution is 2.30. The number of thiazole rings is 1. The number of benzene rings is 1. The maximum atomic E-state index is 6.21. The molecule has 0 spiro atoms. The van der Waals surface area contributed by atoms with Gasteiger partial charge in [-0.3, -0.25) is 0 Å². The summed E-state index contributed by atoms with van der Waals surface area (Å²) in [4.78, 5) is 5.84. The van der Waals surface area contributed by atoms with Crippen LogP contribution in [0.25, 0.3) is 0 Å². The Hall–Kier alpha value is -0.610. The summed E-state index contributed by atoms with van der Waals surface area (Å²) < 4.78 is 0. The number of aromatic nitrogens is 1. The molecule has 19 heavy (non-hydrogen) atoms. The van der Waals surface area contributed by atoms with Crippen LogP contribution in [0.3, 0.4) is 0 Å². The molecule has 2 aromatic rings. The van der Waals surface area contributed by atoms with Gasteiger partial charge >= 0.3 is 0 Å². The monoisotopic (exact) mass is 314 g/mol. The first-order chi connectivity index (χ1) is 9.01. The van der Waals surface area contributed by atoms with E-state index in [9.17, 15) is 0 Å². The summed E-state index contributed by atoms with van der Waals surface area (Å²) in [6, 6.07) is 5.58. The summed E-state index contributed by atoms with van der Waals surface area (Å²) in [6.07, 6.45) is 0.791. The van der Waals surface area contributed by atoms with Crippen molar-refractivity contribution in [1.82, 2.24) is 4.98 Å². The summed E-state index contributed by atoms with van der Waals surface area (Å²) in [6.45, 7) is 4.67. The van der Waals surface area contributed by atoms with Gasteiger partial charge in [0.1, 0.15) is 0 Å². The van der Waals surface area contributed by atoms with Crippen molar-refractivity contribution in [2.75, 3.05) is 6.54 Å². The van der Waals surface area contributed by atoms with Gasteiger partial charge in [-0.25, -0.2) is 4.98 Å². The molecule has 0 aliphatic rings. The lowest BCUT2D eigenvalue weighted by molar-refractivity contribution is 0.687. The normalized spacial score (nSPS) is 12.7. The molecule has 0 saturated heterocycles. The van der Waals surface area contributed by atoms with Crippen molar-refractivity contribution in [3.8, 4) is 0 Å². The summed E-state index contributed by atoms with van der Waals surface area (Å²) in [5.74, 6) is 0.205. The van der Waals surface area contributed by atoms with Gasteiger partial charge in [-0.15, -0.1) is 11.3 Å². The number of nitrogens with zero attached hydrogens (tertiary/aromatic N) is 1. The molecule has 0 radical (unpaired) electrons. The van der Waals surface area contributed by atoms with Gasteiger partial charge in [-0.2, -0.15) is 0 Å². The number of hydrogen-bond donors (Lipinski definition) is 1. The largest absolute Gasteiger partial charge is 0.330 e. The number of hydrogen-bond acceptors (Lipinski definition) is 3. The van der Waals surface area contributed by atoms with Crippen LogP contribution >= 0.6 is 34.5 Å². The van der Waals surface area contributed by atoms with E-state index in [0.29, 0.717) is 16.6 Å². The molecule has 0 fully saturated rings. The van der Waals surface area contributed by atoms with Crippen LogP contribution in [-0.2, 0) is 6.42 Å². The van der Waals surface area contributed by atoms with Gasteiger partial charge in [0.05, 0.1) is 10.7 Å². The third-order valence-corrected chi connectivity index (χ3v) is 4.98. The summed E-state index contributed by atoms with van der Waals surface area (Å²) in [7, 11) is 0. The van der Waals surface area contributed by atoms with E-state index in [-0.39, 0.29) is 5.92 Å². The molecule has 1 unspecified atom stereocenters. The number of nitrogens with two attached hydrogens (primary N) is 1. The molecule has 0 aliphatic heterocycles. The van der Waals surface area contributed by atoms with Gasteiger partial charge in [-0.05, 0) is 38.0 Å². The van der Waals surface area contributed by atoms with Crippen LogP contribution in [0.15, 0.2) is 18.2 Å². The van der Waals surface area contributed by atoms with Gasteiger partial charge in [-0.1, -0.05) is 29.3 Å². The molecular weight excluding hydrogens is 299 g/mol. The first kappa shape index (κ1) is 14.8. The molecule has 1 aromatic heterocycles. The average molecular weight is 315 g/mol. The van der Waals surface area contributed by atoms with Gasteiger partial charge in [0.15, 0.2) is 0 Å². The fourth-order valence-corrected chi connectivity index (χ4v) is 3.42. The fraction of sp³-hybridized carbons (Fsp3) is 0.357. The van der Waals surface area contributed by atoms with Crippen molar-refractivity contribution in [3.05, 3.63) is 49.4 Å². The number of rotatable bonds is 4. The van der Waals surface area contributed by atoms with E-state index in [4.69, 9.17) is 28.9 Å². The van der Waals surface area contributed by atoms with Crippen LogP contribution in [0.1, 0.15) is 27.1 Å². The molecule has 1 heterocycles. The van der Waals surface area contributed by atoms with Crippen molar-refractivity contribution in [2.24, 2.45) is 5.73 Å². The zero-order chi connectivity index (χ0) is 14.0. The van der Waals surface area contributed by atoms with Crippen LogP contribution < -0.4 is 5.73 Å². The van der Waals surface area contributed by atoms with E-state index in [2.05, 4.69) is 11.9 Å². The lowest BCUT2D eigenvalue weighted by atomic mass is 10.00. The predicted molar refractivity (Wildman–Crippen MR) is 83.5 cm³/mol. The van der Waals surface area contributed by atoms with Crippen molar-refractivity contribution in [2.45, 2.75) is 26.2 Å². The molecule has 0 aliphatic carbocycles. The molecule has 0 amide bonds. The lowest BCUT2D eigenvalue weighted by Gasteiger charge is -2.13. The van der Waals surface area contributed by atoms with Crippen LogP contribution in [0.4, 0.5) is 0 Å². The minimum Gasteiger partial charge on any atom is -0.330 e. The van der Waals surface area contributed by atoms with Gasteiger partial charge in [0.25, 0.3) is 0 Å². The Morgan fingerprint density at radius 3 is 2.58 bits per heavy atom. The van der Waals surface area contributed by atoms with Gasteiger partial charge < -0.3 is 5.73 Å². The fourth-order valence-electron chi connectivity index (χ4n) is 1.90. The zero-order valence-electron chi connectivity index (χ0n) is 10.9. The van der Waals surface area contributed by atoms with Crippen molar-refractivity contribution >= 4 is 34.5 Å². The predicted octanol–water partition coefficient (Wildman–Crippen LogP) is 4.35. The van der Waals surface area contributed by atoms with E-state index in [1.54, 1.807) is 17.4 Å². The molecule has 1 atom stereocenters. The van der Waals surface area contributed by atoms with E-state index >= 15 is 0 Å². The molecule has 0 bridgehead atoms. The molecule has 0 saturated carbocycles. The lowest BCUT2D eigenvalue weighted by Crippen LogP contribution is -2.15. The highest BCUT2D eigenvalue weighted by Gasteiger charge is 2.17. The molecule has 1 aromatic carbocycles. The first-order valence-electron chi connectivity index (χ1n) is 6.09. The Bertz CT molecular complexity index is 561. The second-order valence-electron chi connectivity index (χ2n) is 4.57. The SMILES string of the molecule is Cc1nc(C(CN)Cc2ccc(Cl)cc2Cl)sc1C. The molecular formula is C14H16Cl2N2S. The average Bonchev–Trinajstić information content (AvgIpc) is 2.68. The van der Waals surface area contributed by atoms with E-state index in [1.165, 1.54) is 4.88 Å². The highest BCUT2D eigenvalue weighted by molar-refractivity contribution is 7.11. The summed E-state index contributed by atoms with van der Waals surface area (Å²) >= 11 is 13.8. The van der Waals surface area contributed by atoms with Crippen molar-refractivity contribution < 1.29 is 0 Å². The van der Waals surface area contributed by atoms with E-state index < -0.39 is 0 Å². The Balaban J connectivity index is 2.23. The Morgan fingerprint density at radius 2 is 2.05 bits per heavy atom. The molecule has 2 rings (SSSR count). The smallest absolute Gasteiger partial charge is 0.0977 e. The molecule has 2 nitrogen and oxygen atoms in total. The van der Waals surface area contributed by atoms with Crippen LogP contribution in [0.5, 0.6) is 0 Å². The quantitative estimate of drug-likeness (QED) is 0.911. The van der Waals surface area contributed by atoms with Crippen molar-refractivity contribution in [1.29, 1.82) is 0 Å². The van der Waals surface area contributed by atoms with E-state index in [1.807, 2.05) is 19.1 Å². The van der Waals surface area contributed by atoms with Crippen LogP contribution in [-0.4, -0.2) is 11.5 Å². The molecule has 2 N–H and O–H groups in total. The first-order valence-corrected chi connectivity index (χ1v) is 7.66. The minimum absolute atomic E-state index is 0.205. The van der Waals surface area contributed by atoms with Gasteiger partial charge in [0, 0.05) is 27.4 Å². The second-order valence-corrected chi connectivity index (χ2v) is 6.64. The van der Waals surface area contributed by atoms with Crippen LogP contribution in [0, 0.1) is 13.8 Å². The maximum Gasteiger partial charge on any atom is 0.0977 e. The van der Waals surface area contributed by atoms with E-state index in [0.717, 1.165) is 22.7 Å². The number of aryl methyl sites for hydroxylation is 2. The summed E-state index contributed by atoms with van der Waals surface area (Å²) in [5.41, 5.74) is 8.04. The minimum atomic E-state index is 0.205. The Kier molecular flexibility index (Phi) is 4.85. The molecule has 102 valence electrons. The highest BCUT2D eigenvalue weighted by atomic mass is 35.5. The third kappa shape index (κ3) is 3.48. The molecule has 5 heteroatoms. The maximum absolute atomic E-state index is 6.21.